The predicted molar refractivity (Wildman–Crippen MR) is 79.5 cm³/mol. The summed E-state index contributed by atoms with van der Waals surface area (Å²) in [6.07, 6.45) is 2.48. The van der Waals surface area contributed by atoms with Crippen molar-refractivity contribution in [3.8, 4) is 0 Å². The molecule has 2 unspecified atom stereocenters. The summed E-state index contributed by atoms with van der Waals surface area (Å²) in [4.78, 5) is 14.3. The van der Waals surface area contributed by atoms with Gasteiger partial charge in [0.25, 0.3) is 0 Å². The molecule has 1 heterocycles. The number of likely N-dealkylation sites (tertiary alicyclic amines) is 1. The number of halogens is 1. The minimum absolute atomic E-state index is 0.228. The molecule has 104 valence electrons. The van der Waals surface area contributed by atoms with Crippen LogP contribution in [0.2, 0.25) is 0 Å². The molecule has 0 aliphatic carbocycles. The van der Waals surface area contributed by atoms with E-state index in [0.29, 0.717) is 18.2 Å². The first-order chi connectivity index (χ1) is 9.11. The van der Waals surface area contributed by atoms with E-state index < -0.39 is 0 Å². The zero-order valence-corrected chi connectivity index (χ0v) is 12.5. The fourth-order valence-electron chi connectivity index (χ4n) is 2.82. The third kappa shape index (κ3) is 3.50. The topological polar surface area (TPSA) is 20.3 Å². The Morgan fingerprint density at radius 1 is 1.47 bits per heavy atom. The number of rotatable bonds is 4. The maximum Gasteiger partial charge on any atom is 0.223 e. The molecule has 0 aromatic heterocycles. The predicted octanol–water partition coefficient (Wildman–Crippen LogP) is 3.40. The normalized spacial score (nSPS) is 22.8. The minimum Gasteiger partial charge on any atom is -0.338 e. The van der Waals surface area contributed by atoms with Crippen molar-refractivity contribution in [2.75, 3.05) is 12.4 Å². The van der Waals surface area contributed by atoms with E-state index >= 15 is 0 Å². The van der Waals surface area contributed by atoms with Gasteiger partial charge in [-0.3, -0.25) is 4.79 Å². The molecule has 0 saturated carbocycles. The fraction of sp³-hybridized carbons (Fsp3) is 0.562. The molecule has 19 heavy (non-hydrogen) atoms. The van der Waals surface area contributed by atoms with E-state index in [1.54, 1.807) is 0 Å². The lowest BCUT2D eigenvalue weighted by Crippen LogP contribution is -2.38. The Hall–Kier alpha value is -1.02. The van der Waals surface area contributed by atoms with Crippen LogP contribution in [0.25, 0.3) is 0 Å². The van der Waals surface area contributed by atoms with E-state index in [0.717, 1.165) is 19.4 Å². The molecule has 0 bridgehead atoms. The molecule has 2 nitrogen and oxygen atoms in total. The molecule has 0 spiro atoms. The molecule has 2 rings (SSSR count). The first-order valence-corrected chi connectivity index (χ1v) is 7.56. The first kappa shape index (κ1) is 14.4. The molecule has 3 heteroatoms. The van der Waals surface area contributed by atoms with Gasteiger partial charge in [0.1, 0.15) is 0 Å². The Morgan fingerprint density at radius 2 is 2.26 bits per heavy atom. The van der Waals surface area contributed by atoms with Gasteiger partial charge in [-0.25, -0.2) is 0 Å². The van der Waals surface area contributed by atoms with Crippen LogP contribution in [0.5, 0.6) is 0 Å². The number of benzene rings is 1. The lowest BCUT2D eigenvalue weighted by molar-refractivity contribution is -0.131. The van der Waals surface area contributed by atoms with Gasteiger partial charge in [0.2, 0.25) is 5.91 Å². The molecule has 1 amide bonds. The molecular formula is C16H22ClNO. The summed E-state index contributed by atoms with van der Waals surface area (Å²) in [5.41, 5.74) is 2.49. The summed E-state index contributed by atoms with van der Waals surface area (Å²) >= 11 is 5.99. The summed E-state index contributed by atoms with van der Waals surface area (Å²) in [7, 11) is 0. The van der Waals surface area contributed by atoms with Gasteiger partial charge >= 0.3 is 0 Å². The minimum atomic E-state index is 0.228. The Morgan fingerprint density at radius 3 is 2.95 bits per heavy atom. The van der Waals surface area contributed by atoms with E-state index in [-0.39, 0.29) is 11.9 Å². The number of hydrogen-bond acceptors (Lipinski definition) is 1. The van der Waals surface area contributed by atoms with Crippen LogP contribution < -0.4 is 0 Å². The molecule has 1 aromatic rings. The second-order valence-corrected chi connectivity index (χ2v) is 5.87. The van der Waals surface area contributed by atoms with Gasteiger partial charge in [-0.05, 0) is 31.2 Å². The molecule has 1 fully saturated rings. The van der Waals surface area contributed by atoms with Gasteiger partial charge in [-0.1, -0.05) is 36.8 Å². The maximum atomic E-state index is 12.3. The number of amides is 1. The molecule has 2 atom stereocenters. The third-order valence-corrected chi connectivity index (χ3v) is 4.39. The number of aryl methyl sites for hydroxylation is 2. The standard InChI is InChI=1S/C16H22ClNO/c1-12-4-3-5-14(10-12)6-7-16(19)18-9-8-13(2)15(18)11-17/h3-5,10,13,15H,6-9,11H2,1-2H3. The van der Waals surface area contributed by atoms with Crippen molar-refractivity contribution < 1.29 is 4.79 Å². The van der Waals surface area contributed by atoms with E-state index in [1.165, 1.54) is 11.1 Å². The van der Waals surface area contributed by atoms with E-state index in [1.807, 2.05) is 4.90 Å². The van der Waals surface area contributed by atoms with Crippen LogP contribution in [-0.4, -0.2) is 29.3 Å². The van der Waals surface area contributed by atoms with Crippen molar-refractivity contribution >= 4 is 17.5 Å². The number of alkyl halides is 1. The Kier molecular flexibility index (Phi) is 4.87. The third-order valence-electron chi connectivity index (χ3n) is 4.07. The van der Waals surface area contributed by atoms with Crippen LogP contribution in [-0.2, 0) is 11.2 Å². The summed E-state index contributed by atoms with van der Waals surface area (Å²) in [6.45, 7) is 5.13. The fourth-order valence-corrected chi connectivity index (χ4v) is 3.29. The summed E-state index contributed by atoms with van der Waals surface area (Å²) in [5.74, 6) is 1.33. The molecule has 1 aliphatic heterocycles. The first-order valence-electron chi connectivity index (χ1n) is 7.03. The summed E-state index contributed by atoms with van der Waals surface area (Å²) in [6, 6.07) is 8.60. The molecule has 1 aromatic carbocycles. The van der Waals surface area contributed by atoms with Gasteiger partial charge in [0, 0.05) is 24.9 Å². The average molecular weight is 280 g/mol. The van der Waals surface area contributed by atoms with Crippen LogP contribution >= 0.6 is 11.6 Å². The van der Waals surface area contributed by atoms with Gasteiger partial charge < -0.3 is 4.90 Å². The zero-order valence-electron chi connectivity index (χ0n) is 11.7. The van der Waals surface area contributed by atoms with Crippen LogP contribution in [0, 0.1) is 12.8 Å². The summed E-state index contributed by atoms with van der Waals surface area (Å²) in [5, 5.41) is 0. The average Bonchev–Trinajstić information content (AvgIpc) is 2.77. The monoisotopic (exact) mass is 279 g/mol. The van der Waals surface area contributed by atoms with Gasteiger partial charge in [0.15, 0.2) is 0 Å². The Balaban J connectivity index is 1.91. The highest BCUT2D eigenvalue weighted by Gasteiger charge is 2.33. The molecule has 1 saturated heterocycles. The van der Waals surface area contributed by atoms with Crippen molar-refractivity contribution in [2.45, 2.75) is 39.2 Å². The molecular weight excluding hydrogens is 258 g/mol. The second kappa shape index (κ2) is 6.42. The number of nitrogens with zero attached hydrogens (tertiary/aromatic N) is 1. The zero-order chi connectivity index (χ0) is 13.8. The Bertz CT molecular complexity index is 446. The van der Waals surface area contributed by atoms with Crippen molar-refractivity contribution in [3.63, 3.8) is 0 Å². The van der Waals surface area contributed by atoms with Crippen molar-refractivity contribution in [3.05, 3.63) is 35.4 Å². The maximum absolute atomic E-state index is 12.3. The lowest BCUT2D eigenvalue weighted by atomic mass is 10.0. The van der Waals surface area contributed by atoms with Crippen molar-refractivity contribution in [2.24, 2.45) is 5.92 Å². The van der Waals surface area contributed by atoms with Crippen molar-refractivity contribution in [1.29, 1.82) is 0 Å². The lowest BCUT2D eigenvalue weighted by Gasteiger charge is -2.25. The molecule has 0 N–H and O–H groups in total. The highest BCUT2D eigenvalue weighted by molar-refractivity contribution is 6.18. The largest absolute Gasteiger partial charge is 0.338 e. The van der Waals surface area contributed by atoms with Gasteiger partial charge in [-0.2, -0.15) is 0 Å². The highest BCUT2D eigenvalue weighted by atomic mass is 35.5. The SMILES string of the molecule is Cc1cccc(CCC(=O)N2CCC(C)C2CCl)c1. The summed E-state index contributed by atoms with van der Waals surface area (Å²) < 4.78 is 0. The quantitative estimate of drug-likeness (QED) is 0.774. The second-order valence-electron chi connectivity index (χ2n) is 5.56. The number of hydrogen-bond donors (Lipinski definition) is 0. The van der Waals surface area contributed by atoms with Gasteiger partial charge in [-0.15, -0.1) is 11.6 Å². The van der Waals surface area contributed by atoms with E-state index in [2.05, 4.69) is 38.1 Å². The van der Waals surface area contributed by atoms with Gasteiger partial charge in [0.05, 0.1) is 0 Å². The van der Waals surface area contributed by atoms with E-state index in [4.69, 9.17) is 11.6 Å². The molecule has 1 aliphatic rings. The number of carbonyl (C=O) groups excluding carboxylic acids is 1. The van der Waals surface area contributed by atoms with E-state index in [9.17, 15) is 4.79 Å². The number of carbonyl (C=O) groups is 1. The van der Waals surface area contributed by atoms with Crippen LogP contribution in [0.4, 0.5) is 0 Å². The van der Waals surface area contributed by atoms with Crippen LogP contribution in [0.1, 0.15) is 30.9 Å². The van der Waals surface area contributed by atoms with Crippen LogP contribution in [0.3, 0.4) is 0 Å². The molecule has 0 radical (unpaired) electrons. The Labute approximate surface area is 120 Å². The van der Waals surface area contributed by atoms with Crippen LogP contribution in [0.15, 0.2) is 24.3 Å². The highest BCUT2D eigenvalue weighted by Crippen LogP contribution is 2.25. The smallest absolute Gasteiger partial charge is 0.223 e. The van der Waals surface area contributed by atoms with Crippen molar-refractivity contribution in [1.82, 2.24) is 4.90 Å².